The molecule has 0 saturated carbocycles. The van der Waals surface area contributed by atoms with E-state index >= 15 is 0 Å². The van der Waals surface area contributed by atoms with Crippen LogP contribution in [0.15, 0.2) is 22.7 Å². The van der Waals surface area contributed by atoms with Crippen molar-refractivity contribution < 1.29 is 0 Å². The van der Waals surface area contributed by atoms with Crippen LogP contribution in [0.5, 0.6) is 0 Å². The molecule has 0 bridgehead atoms. The summed E-state index contributed by atoms with van der Waals surface area (Å²) in [5.41, 5.74) is 8.46. The fourth-order valence-electron chi connectivity index (χ4n) is 2.04. The van der Waals surface area contributed by atoms with Gasteiger partial charge in [-0.25, -0.2) is 0 Å². The third-order valence-corrected chi connectivity index (χ3v) is 3.87. The topological polar surface area (TPSA) is 29.3 Å². The first-order valence-corrected chi connectivity index (χ1v) is 6.55. The Bertz CT molecular complexity index is 419. The van der Waals surface area contributed by atoms with E-state index in [1.54, 1.807) is 0 Å². The second-order valence-corrected chi connectivity index (χ2v) is 5.77. The Kier molecular flexibility index (Phi) is 3.62. The molecule has 16 heavy (non-hydrogen) atoms. The standard InChI is InChI=1S/C12H15BrN2S/c1-8(12(14)16)5-15-6-9-2-3-11(13)4-10(9)7-15/h2-4,8H,5-7H2,1H3,(H2,14,16). The largest absolute Gasteiger partial charge is 0.393 e. The van der Waals surface area contributed by atoms with Gasteiger partial charge in [-0.1, -0.05) is 41.1 Å². The number of halogens is 1. The summed E-state index contributed by atoms with van der Waals surface area (Å²) in [6.07, 6.45) is 0. The van der Waals surface area contributed by atoms with Gasteiger partial charge < -0.3 is 5.73 Å². The highest BCUT2D eigenvalue weighted by Gasteiger charge is 2.21. The Morgan fingerprint density at radius 2 is 2.19 bits per heavy atom. The summed E-state index contributed by atoms with van der Waals surface area (Å²) in [6.45, 7) is 5.04. The lowest BCUT2D eigenvalue weighted by molar-refractivity contribution is 0.267. The van der Waals surface area contributed by atoms with Crippen molar-refractivity contribution >= 4 is 33.1 Å². The molecular formula is C12H15BrN2S. The normalized spacial score (nSPS) is 17.1. The minimum Gasteiger partial charge on any atom is -0.393 e. The lowest BCUT2D eigenvalue weighted by Crippen LogP contribution is -2.30. The van der Waals surface area contributed by atoms with Crippen molar-refractivity contribution in [2.75, 3.05) is 6.54 Å². The molecule has 1 aromatic rings. The van der Waals surface area contributed by atoms with Crippen LogP contribution in [0, 0.1) is 5.92 Å². The molecule has 2 N–H and O–H groups in total. The fourth-order valence-corrected chi connectivity index (χ4v) is 2.52. The van der Waals surface area contributed by atoms with Gasteiger partial charge >= 0.3 is 0 Å². The Morgan fingerprint density at radius 1 is 1.50 bits per heavy atom. The summed E-state index contributed by atoms with van der Waals surface area (Å²) in [6, 6.07) is 6.48. The number of nitrogens with two attached hydrogens (primary N) is 1. The molecule has 2 nitrogen and oxygen atoms in total. The SMILES string of the molecule is CC(CN1Cc2ccc(Br)cc2C1)C(N)=S. The maximum Gasteiger partial charge on any atom is 0.0768 e. The second-order valence-electron chi connectivity index (χ2n) is 4.39. The molecule has 1 heterocycles. The van der Waals surface area contributed by atoms with E-state index in [0.29, 0.717) is 4.99 Å². The highest BCUT2D eigenvalue weighted by atomic mass is 79.9. The molecule has 0 aromatic heterocycles. The van der Waals surface area contributed by atoms with Gasteiger partial charge in [0.05, 0.1) is 4.99 Å². The van der Waals surface area contributed by atoms with Crippen molar-refractivity contribution in [2.45, 2.75) is 20.0 Å². The van der Waals surface area contributed by atoms with E-state index in [9.17, 15) is 0 Å². The molecule has 4 heteroatoms. The fraction of sp³-hybridized carbons (Fsp3) is 0.417. The maximum atomic E-state index is 5.64. The van der Waals surface area contributed by atoms with Crippen LogP contribution in [-0.2, 0) is 13.1 Å². The first-order chi connectivity index (χ1) is 7.56. The Labute approximate surface area is 110 Å². The predicted molar refractivity (Wildman–Crippen MR) is 74.2 cm³/mol. The van der Waals surface area contributed by atoms with E-state index in [2.05, 4.69) is 46.0 Å². The van der Waals surface area contributed by atoms with Crippen LogP contribution in [0.4, 0.5) is 0 Å². The van der Waals surface area contributed by atoms with E-state index in [0.717, 1.165) is 24.1 Å². The van der Waals surface area contributed by atoms with Gasteiger partial charge in [-0.15, -0.1) is 0 Å². The molecule has 0 saturated heterocycles. The van der Waals surface area contributed by atoms with E-state index in [-0.39, 0.29) is 5.92 Å². The summed E-state index contributed by atoms with van der Waals surface area (Å²) in [5.74, 6) is 0.285. The summed E-state index contributed by atoms with van der Waals surface area (Å²) < 4.78 is 1.15. The van der Waals surface area contributed by atoms with Crippen LogP contribution in [0.3, 0.4) is 0 Å². The molecule has 1 aromatic carbocycles. The molecule has 86 valence electrons. The summed E-state index contributed by atoms with van der Waals surface area (Å²) >= 11 is 8.50. The van der Waals surface area contributed by atoms with Crippen LogP contribution in [0.25, 0.3) is 0 Å². The highest BCUT2D eigenvalue weighted by Crippen LogP contribution is 2.26. The zero-order chi connectivity index (χ0) is 11.7. The number of hydrogen-bond donors (Lipinski definition) is 1. The average Bonchev–Trinajstić information content (AvgIpc) is 2.58. The minimum atomic E-state index is 0.285. The van der Waals surface area contributed by atoms with Crippen molar-refractivity contribution in [3.8, 4) is 0 Å². The minimum absolute atomic E-state index is 0.285. The Hall–Kier alpha value is -0.450. The number of thiocarbonyl (C=S) groups is 1. The molecule has 2 rings (SSSR count). The smallest absolute Gasteiger partial charge is 0.0768 e. The number of hydrogen-bond acceptors (Lipinski definition) is 2. The number of rotatable bonds is 3. The van der Waals surface area contributed by atoms with E-state index in [4.69, 9.17) is 18.0 Å². The lowest BCUT2D eigenvalue weighted by atomic mass is 10.1. The molecule has 0 radical (unpaired) electrons. The lowest BCUT2D eigenvalue weighted by Gasteiger charge is -2.19. The average molecular weight is 299 g/mol. The van der Waals surface area contributed by atoms with Crippen molar-refractivity contribution in [1.82, 2.24) is 4.90 Å². The van der Waals surface area contributed by atoms with Gasteiger partial charge in [0, 0.05) is 30.0 Å². The number of fused-ring (bicyclic) bond motifs is 1. The van der Waals surface area contributed by atoms with Crippen LogP contribution in [-0.4, -0.2) is 16.4 Å². The number of nitrogens with zero attached hydrogens (tertiary/aromatic N) is 1. The molecule has 1 aliphatic rings. The molecule has 0 aliphatic carbocycles. The quantitative estimate of drug-likeness (QED) is 0.870. The maximum absolute atomic E-state index is 5.64. The van der Waals surface area contributed by atoms with Gasteiger partial charge in [0.25, 0.3) is 0 Å². The van der Waals surface area contributed by atoms with Gasteiger partial charge in [0.2, 0.25) is 0 Å². The summed E-state index contributed by atoms with van der Waals surface area (Å²) in [7, 11) is 0. The molecule has 1 atom stereocenters. The Morgan fingerprint density at radius 3 is 2.88 bits per heavy atom. The number of benzene rings is 1. The highest BCUT2D eigenvalue weighted by molar-refractivity contribution is 9.10. The summed E-state index contributed by atoms with van der Waals surface area (Å²) in [4.78, 5) is 3.00. The van der Waals surface area contributed by atoms with Crippen molar-refractivity contribution in [3.05, 3.63) is 33.8 Å². The molecule has 0 amide bonds. The van der Waals surface area contributed by atoms with E-state index in [1.807, 2.05) is 0 Å². The van der Waals surface area contributed by atoms with Crippen LogP contribution >= 0.6 is 28.1 Å². The van der Waals surface area contributed by atoms with Crippen LogP contribution in [0.1, 0.15) is 18.1 Å². The monoisotopic (exact) mass is 298 g/mol. The summed E-state index contributed by atoms with van der Waals surface area (Å²) in [5, 5.41) is 0. The third kappa shape index (κ3) is 2.62. The first kappa shape index (κ1) is 12.0. The van der Waals surface area contributed by atoms with Gasteiger partial charge in [-0.05, 0) is 23.3 Å². The van der Waals surface area contributed by atoms with Gasteiger partial charge in [0.15, 0.2) is 0 Å². The van der Waals surface area contributed by atoms with E-state index < -0.39 is 0 Å². The zero-order valence-electron chi connectivity index (χ0n) is 9.24. The molecule has 1 aliphatic heterocycles. The Balaban J connectivity index is 2.03. The van der Waals surface area contributed by atoms with Crippen molar-refractivity contribution in [2.24, 2.45) is 11.7 Å². The molecule has 0 spiro atoms. The van der Waals surface area contributed by atoms with E-state index in [1.165, 1.54) is 11.1 Å². The molecule has 0 fully saturated rings. The van der Waals surface area contributed by atoms with Crippen molar-refractivity contribution in [3.63, 3.8) is 0 Å². The third-order valence-electron chi connectivity index (χ3n) is 2.97. The molecular weight excluding hydrogens is 284 g/mol. The second kappa shape index (κ2) is 4.82. The first-order valence-electron chi connectivity index (χ1n) is 5.35. The van der Waals surface area contributed by atoms with Crippen LogP contribution < -0.4 is 5.73 Å². The molecule has 1 unspecified atom stereocenters. The predicted octanol–water partition coefficient (Wildman–Crippen LogP) is 2.69. The van der Waals surface area contributed by atoms with Crippen molar-refractivity contribution in [1.29, 1.82) is 0 Å². The van der Waals surface area contributed by atoms with Gasteiger partial charge in [-0.3, -0.25) is 4.90 Å². The van der Waals surface area contributed by atoms with Gasteiger partial charge in [0.1, 0.15) is 0 Å². The van der Waals surface area contributed by atoms with Gasteiger partial charge in [-0.2, -0.15) is 0 Å². The van der Waals surface area contributed by atoms with Crippen LogP contribution in [0.2, 0.25) is 0 Å². The zero-order valence-corrected chi connectivity index (χ0v) is 11.6.